The van der Waals surface area contributed by atoms with Gasteiger partial charge in [-0.15, -0.1) is 0 Å². The summed E-state index contributed by atoms with van der Waals surface area (Å²) in [6.45, 7) is 2.24. The minimum atomic E-state index is -0.386. The highest BCUT2D eigenvalue weighted by molar-refractivity contribution is 6.30. The standard InChI is InChI=1S/C25H22ClF/c1-2-3-4-5-17-6-11-22-20(14-17)7-8-21-15-18(9-12-23(21)22)19-10-13-24(26)25(27)16-19/h6-16H,2-5H2,1H3. The van der Waals surface area contributed by atoms with Crippen LogP contribution in [0.25, 0.3) is 32.7 Å². The van der Waals surface area contributed by atoms with Gasteiger partial charge in [-0.2, -0.15) is 0 Å². The first-order chi connectivity index (χ1) is 13.2. The molecule has 0 aromatic heterocycles. The minimum absolute atomic E-state index is 0.153. The highest BCUT2D eigenvalue weighted by Gasteiger charge is 2.07. The van der Waals surface area contributed by atoms with Gasteiger partial charge in [-0.05, 0) is 69.3 Å². The first kappa shape index (κ1) is 18.0. The molecule has 136 valence electrons. The Hall–Kier alpha value is -2.38. The summed E-state index contributed by atoms with van der Waals surface area (Å²) in [5.41, 5.74) is 3.24. The molecular formula is C25H22ClF. The SMILES string of the molecule is CCCCCc1ccc2c(ccc3cc(-c4ccc(Cl)c(F)c4)ccc32)c1. The summed E-state index contributed by atoms with van der Waals surface area (Å²) in [6, 6.07) is 22.4. The summed E-state index contributed by atoms with van der Waals surface area (Å²) in [4.78, 5) is 0. The van der Waals surface area contributed by atoms with Crippen LogP contribution in [0.5, 0.6) is 0 Å². The Kier molecular flexibility index (Phi) is 5.13. The third kappa shape index (κ3) is 3.70. The lowest BCUT2D eigenvalue weighted by Gasteiger charge is -2.09. The highest BCUT2D eigenvalue weighted by Crippen LogP contribution is 2.31. The first-order valence-electron chi connectivity index (χ1n) is 9.56. The molecule has 0 fully saturated rings. The van der Waals surface area contributed by atoms with E-state index in [-0.39, 0.29) is 10.8 Å². The molecule has 2 heteroatoms. The average Bonchev–Trinajstić information content (AvgIpc) is 2.69. The molecular weight excluding hydrogens is 355 g/mol. The molecule has 4 rings (SSSR count). The van der Waals surface area contributed by atoms with E-state index in [1.165, 1.54) is 47.1 Å². The lowest BCUT2D eigenvalue weighted by Crippen LogP contribution is -1.87. The van der Waals surface area contributed by atoms with E-state index in [0.717, 1.165) is 22.9 Å². The van der Waals surface area contributed by atoms with Gasteiger partial charge in [0, 0.05) is 0 Å². The quantitative estimate of drug-likeness (QED) is 0.243. The Balaban J connectivity index is 1.73. The molecule has 0 radical (unpaired) electrons. The molecule has 0 nitrogen and oxygen atoms in total. The van der Waals surface area contributed by atoms with Gasteiger partial charge < -0.3 is 0 Å². The maximum absolute atomic E-state index is 13.8. The van der Waals surface area contributed by atoms with Crippen molar-refractivity contribution in [3.05, 3.63) is 83.1 Å². The number of rotatable bonds is 5. The summed E-state index contributed by atoms with van der Waals surface area (Å²) in [6.07, 6.45) is 4.92. The molecule has 4 aromatic rings. The van der Waals surface area contributed by atoms with Crippen molar-refractivity contribution in [2.75, 3.05) is 0 Å². The molecule has 0 unspecified atom stereocenters. The van der Waals surface area contributed by atoms with E-state index in [1.807, 2.05) is 6.07 Å². The van der Waals surface area contributed by atoms with Crippen molar-refractivity contribution >= 4 is 33.1 Å². The maximum Gasteiger partial charge on any atom is 0.142 e. The van der Waals surface area contributed by atoms with E-state index in [2.05, 4.69) is 55.5 Å². The van der Waals surface area contributed by atoms with Crippen molar-refractivity contribution < 1.29 is 4.39 Å². The molecule has 0 saturated heterocycles. The van der Waals surface area contributed by atoms with Crippen molar-refractivity contribution in [2.24, 2.45) is 0 Å². The summed E-state index contributed by atoms with van der Waals surface area (Å²) >= 11 is 5.81. The number of hydrogen-bond acceptors (Lipinski definition) is 0. The van der Waals surface area contributed by atoms with E-state index in [4.69, 9.17) is 11.6 Å². The third-order valence-electron chi connectivity index (χ3n) is 5.22. The predicted octanol–water partition coefficient (Wildman–Crippen LogP) is 8.19. The van der Waals surface area contributed by atoms with E-state index < -0.39 is 0 Å². The van der Waals surface area contributed by atoms with Gasteiger partial charge in [-0.3, -0.25) is 0 Å². The van der Waals surface area contributed by atoms with Crippen molar-refractivity contribution in [3.8, 4) is 11.1 Å². The number of benzene rings is 4. The lowest BCUT2D eigenvalue weighted by atomic mass is 9.95. The van der Waals surface area contributed by atoms with Crippen LogP contribution in [0.4, 0.5) is 4.39 Å². The van der Waals surface area contributed by atoms with Crippen LogP contribution >= 0.6 is 11.6 Å². The molecule has 0 saturated carbocycles. The average molecular weight is 377 g/mol. The number of hydrogen-bond donors (Lipinski definition) is 0. The fourth-order valence-corrected chi connectivity index (χ4v) is 3.83. The van der Waals surface area contributed by atoms with Crippen LogP contribution in [-0.2, 0) is 6.42 Å². The van der Waals surface area contributed by atoms with Crippen molar-refractivity contribution in [1.82, 2.24) is 0 Å². The van der Waals surface area contributed by atoms with Gasteiger partial charge in [-0.25, -0.2) is 4.39 Å². The normalized spacial score (nSPS) is 11.4. The van der Waals surface area contributed by atoms with Crippen LogP contribution in [0, 0.1) is 5.82 Å². The fraction of sp³-hybridized carbons (Fsp3) is 0.200. The smallest absolute Gasteiger partial charge is 0.142 e. The zero-order valence-electron chi connectivity index (χ0n) is 15.4. The van der Waals surface area contributed by atoms with Gasteiger partial charge in [0.2, 0.25) is 0 Å². The van der Waals surface area contributed by atoms with E-state index in [0.29, 0.717) is 0 Å². The molecule has 0 aliphatic carbocycles. The van der Waals surface area contributed by atoms with Crippen LogP contribution in [0.2, 0.25) is 5.02 Å². The van der Waals surface area contributed by atoms with Crippen molar-refractivity contribution in [2.45, 2.75) is 32.6 Å². The Morgan fingerprint density at radius 3 is 2.15 bits per heavy atom. The molecule has 0 aliphatic rings. The van der Waals surface area contributed by atoms with Crippen LogP contribution in [-0.4, -0.2) is 0 Å². The molecule has 27 heavy (non-hydrogen) atoms. The largest absolute Gasteiger partial charge is 0.205 e. The molecule has 0 aliphatic heterocycles. The molecule has 0 heterocycles. The Morgan fingerprint density at radius 2 is 1.41 bits per heavy atom. The number of unbranched alkanes of at least 4 members (excludes halogenated alkanes) is 2. The highest BCUT2D eigenvalue weighted by atomic mass is 35.5. The van der Waals surface area contributed by atoms with Crippen LogP contribution < -0.4 is 0 Å². The van der Waals surface area contributed by atoms with Crippen LogP contribution in [0.1, 0.15) is 31.7 Å². The Bertz CT molecular complexity index is 1110. The number of halogens is 2. The summed E-state index contributed by atoms with van der Waals surface area (Å²) in [5, 5.41) is 5.09. The van der Waals surface area contributed by atoms with Gasteiger partial charge in [0.1, 0.15) is 5.82 Å². The van der Waals surface area contributed by atoms with Gasteiger partial charge >= 0.3 is 0 Å². The van der Waals surface area contributed by atoms with Crippen LogP contribution in [0.3, 0.4) is 0 Å². The van der Waals surface area contributed by atoms with E-state index >= 15 is 0 Å². The second-order valence-electron chi connectivity index (χ2n) is 7.14. The monoisotopic (exact) mass is 376 g/mol. The second-order valence-corrected chi connectivity index (χ2v) is 7.55. The molecule has 0 N–H and O–H groups in total. The predicted molar refractivity (Wildman–Crippen MR) is 115 cm³/mol. The maximum atomic E-state index is 13.8. The second kappa shape index (κ2) is 7.70. The van der Waals surface area contributed by atoms with Gasteiger partial charge in [0.05, 0.1) is 5.02 Å². The summed E-state index contributed by atoms with van der Waals surface area (Å²) in [7, 11) is 0. The van der Waals surface area contributed by atoms with Gasteiger partial charge in [0.25, 0.3) is 0 Å². The minimum Gasteiger partial charge on any atom is -0.205 e. The number of aryl methyl sites for hydroxylation is 1. The Morgan fingerprint density at radius 1 is 0.741 bits per heavy atom. The molecule has 0 spiro atoms. The molecule has 0 atom stereocenters. The lowest BCUT2D eigenvalue weighted by molar-refractivity contribution is 0.629. The van der Waals surface area contributed by atoms with Gasteiger partial charge in [-0.1, -0.05) is 79.9 Å². The van der Waals surface area contributed by atoms with Crippen LogP contribution in [0.15, 0.2) is 66.7 Å². The summed E-state index contributed by atoms with van der Waals surface area (Å²) in [5.74, 6) is -0.386. The third-order valence-corrected chi connectivity index (χ3v) is 5.53. The van der Waals surface area contributed by atoms with Crippen molar-refractivity contribution in [3.63, 3.8) is 0 Å². The van der Waals surface area contributed by atoms with Gasteiger partial charge in [0.15, 0.2) is 0 Å². The zero-order valence-corrected chi connectivity index (χ0v) is 16.2. The van der Waals surface area contributed by atoms with Crippen molar-refractivity contribution in [1.29, 1.82) is 0 Å². The zero-order chi connectivity index (χ0) is 18.8. The molecule has 0 amide bonds. The molecule has 0 bridgehead atoms. The molecule has 4 aromatic carbocycles. The summed E-state index contributed by atoms with van der Waals surface area (Å²) < 4.78 is 13.8. The van der Waals surface area contributed by atoms with E-state index in [9.17, 15) is 4.39 Å². The first-order valence-corrected chi connectivity index (χ1v) is 9.94. The number of fused-ring (bicyclic) bond motifs is 3. The fourth-order valence-electron chi connectivity index (χ4n) is 3.71. The Labute approximate surface area is 164 Å². The van der Waals surface area contributed by atoms with E-state index in [1.54, 1.807) is 6.07 Å². The topological polar surface area (TPSA) is 0 Å².